The Kier molecular flexibility index (Phi) is 4.65. The number of rotatable bonds is 3. The summed E-state index contributed by atoms with van der Waals surface area (Å²) in [5.74, 6) is -0.0107. The average molecular weight is 322 g/mol. The van der Waals surface area contributed by atoms with Crippen molar-refractivity contribution in [1.82, 2.24) is 4.90 Å². The number of nitrogens with zero attached hydrogens (tertiary/aromatic N) is 2. The number of para-hydroxylation sites is 1. The SMILES string of the molecule is Cc1ccccc1N1CCN(C(=O)Cc2ccccc2)[C@@H](C)C1=O. The van der Waals surface area contributed by atoms with Crippen LogP contribution in [0.4, 0.5) is 5.69 Å². The fourth-order valence-corrected chi connectivity index (χ4v) is 3.19. The second-order valence-electron chi connectivity index (χ2n) is 6.20. The molecule has 2 amide bonds. The van der Waals surface area contributed by atoms with Gasteiger partial charge in [0.15, 0.2) is 0 Å². The minimum absolute atomic E-state index is 0.00600. The molecule has 2 aromatic carbocycles. The first-order valence-electron chi connectivity index (χ1n) is 8.28. The van der Waals surface area contributed by atoms with Gasteiger partial charge in [-0.05, 0) is 31.0 Å². The van der Waals surface area contributed by atoms with Crippen LogP contribution in [0.25, 0.3) is 0 Å². The normalized spacial score (nSPS) is 17.9. The molecule has 124 valence electrons. The molecular weight excluding hydrogens is 300 g/mol. The Morgan fingerprint density at radius 3 is 2.42 bits per heavy atom. The Morgan fingerprint density at radius 2 is 1.71 bits per heavy atom. The zero-order chi connectivity index (χ0) is 17.1. The molecule has 1 heterocycles. The van der Waals surface area contributed by atoms with E-state index in [-0.39, 0.29) is 11.8 Å². The first-order valence-corrected chi connectivity index (χ1v) is 8.28. The summed E-state index contributed by atoms with van der Waals surface area (Å²) in [5, 5.41) is 0. The summed E-state index contributed by atoms with van der Waals surface area (Å²) in [6.45, 7) is 4.91. The molecule has 1 atom stereocenters. The lowest BCUT2D eigenvalue weighted by Crippen LogP contribution is -2.58. The van der Waals surface area contributed by atoms with E-state index in [0.29, 0.717) is 19.5 Å². The molecule has 0 unspecified atom stereocenters. The molecule has 2 aromatic rings. The fourth-order valence-electron chi connectivity index (χ4n) is 3.19. The Labute approximate surface area is 142 Å². The zero-order valence-electron chi connectivity index (χ0n) is 14.1. The van der Waals surface area contributed by atoms with Gasteiger partial charge in [0.1, 0.15) is 6.04 Å². The van der Waals surface area contributed by atoms with Crippen LogP contribution in [0, 0.1) is 6.92 Å². The van der Waals surface area contributed by atoms with Crippen molar-refractivity contribution >= 4 is 17.5 Å². The lowest BCUT2D eigenvalue weighted by molar-refractivity contribution is -0.140. The van der Waals surface area contributed by atoms with Gasteiger partial charge in [0.25, 0.3) is 0 Å². The second-order valence-corrected chi connectivity index (χ2v) is 6.20. The van der Waals surface area contributed by atoms with E-state index in [1.54, 1.807) is 9.80 Å². The second kappa shape index (κ2) is 6.87. The molecule has 1 fully saturated rings. The van der Waals surface area contributed by atoms with E-state index in [2.05, 4.69) is 0 Å². The minimum atomic E-state index is -0.436. The highest BCUT2D eigenvalue weighted by Crippen LogP contribution is 2.24. The molecule has 3 rings (SSSR count). The standard InChI is InChI=1S/C20H22N2O2/c1-15-8-6-7-11-18(15)22-13-12-21(16(2)20(22)24)19(23)14-17-9-4-3-5-10-17/h3-11,16H,12-14H2,1-2H3/t16-/m0/s1. The first-order chi connectivity index (χ1) is 11.6. The number of benzene rings is 2. The summed E-state index contributed by atoms with van der Waals surface area (Å²) in [4.78, 5) is 28.9. The quantitative estimate of drug-likeness (QED) is 0.872. The molecule has 0 N–H and O–H groups in total. The molecular formula is C20H22N2O2. The van der Waals surface area contributed by atoms with E-state index < -0.39 is 6.04 Å². The molecule has 0 aromatic heterocycles. The van der Waals surface area contributed by atoms with Gasteiger partial charge in [-0.15, -0.1) is 0 Å². The monoisotopic (exact) mass is 322 g/mol. The van der Waals surface area contributed by atoms with Crippen molar-refractivity contribution in [3.05, 3.63) is 65.7 Å². The highest BCUT2D eigenvalue weighted by atomic mass is 16.2. The largest absolute Gasteiger partial charge is 0.329 e. The van der Waals surface area contributed by atoms with Crippen LogP contribution in [0.2, 0.25) is 0 Å². The van der Waals surface area contributed by atoms with Crippen LogP contribution < -0.4 is 4.90 Å². The third-order valence-corrected chi connectivity index (χ3v) is 4.58. The average Bonchev–Trinajstić information content (AvgIpc) is 2.59. The summed E-state index contributed by atoms with van der Waals surface area (Å²) >= 11 is 0. The summed E-state index contributed by atoms with van der Waals surface area (Å²) in [6, 6.07) is 17.1. The van der Waals surface area contributed by atoms with Crippen LogP contribution >= 0.6 is 0 Å². The van der Waals surface area contributed by atoms with Gasteiger partial charge in [-0.1, -0.05) is 48.5 Å². The molecule has 4 nitrogen and oxygen atoms in total. The number of carbonyl (C=O) groups is 2. The highest BCUT2D eigenvalue weighted by Gasteiger charge is 2.35. The molecule has 0 spiro atoms. The maximum atomic E-state index is 12.8. The van der Waals surface area contributed by atoms with Gasteiger partial charge >= 0.3 is 0 Å². The van der Waals surface area contributed by atoms with Gasteiger partial charge in [0.05, 0.1) is 6.42 Å². The molecule has 24 heavy (non-hydrogen) atoms. The number of piperazine rings is 1. The van der Waals surface area contributed by atoms with E-state index in [0.717, 1.165) is 16.8 Å². The van der Waals surface area contributed by atoms with Crippen molar-refractivity contribution in [1.29, 1.82) is 0 Å². The van der Waals surface area contributed by atoms with Crippen LogP contribution in [0.1, 0.15) is 18.1 Å². The summed E-state index contributed by atoms with van der Waals surface area (Å²) < 4.78 is 0. The van der Waals surface area contributed by atoms with Crippen LogP contribution in [0.3, 0.4) is 0 Å². The lowest BCUT2D eigenvalue weighted by Gasteiger charge is -2.39. The molecule has 0 saturated carbocycles. The molecule has 4 heteroatoms. The zero-order valence-corrected chi connectivity index (χ0v) is 14.1. The lowest BCUT2D eigenvalue weighted by atomic mass is 10.1. The fraction of sp³-hybridized carbons (Fsp3) is 0.300. The van der Waals surface area contributed by atoms with Crippen LogP contribution in [-0.2, 0) is 16.0 Å². The van der Waals surface area contributed by atoms with E-state index in [9.17, 15) is 9.59 Å². The van der Waals surface area contributed by atoms with Crippen LogP contribution in [-0.4, -0.2) is 35.8 Å². The van der Waals surface area contributed by atoms with E-state index in [1.165, 1.54) is 0 Å². The van der Waals surface area contributed by atoms with Crippen molar-refractivity contribution in [3.63, 3.8) is 0 Å². The molecule has 1 saturated heterocycles. The Balaban J connectivity index is 1.73. The molecule has 0 aliphatic carbocycles. The van der Waals surface area contributed by atoms with Crippen LogP contribution in [0.15, 0.2) is 54.6 Å². The van der Waals surface area contributed by atoms with Gasteiger partial charge in [-0.3, -0.25) is 9.59 Å². The minimum Gasteiger partial charge on any atom is -0.329 e. The van der Waals surface area contributed by atoms with Crippen molar-refractivity contribution < 1.29 is 9.59 Å². The number of hydrogen-bond donors (Lipinski definition) is 0. The van der Waals surface area contributed by atoms with Gasteiger partial charge < -0.3 is 9.80 Å². The topological polar surface area (TPSA) is 40.6 Å². The van der Waals surface area contributed by atoms with Crippen LogP contribution in [0.5, 0.6) is 0 Å². The number of amides is 2. The predicted octanol–water partition coefficient (Wildman–Crippen LogP) is 2.80. The molecule has 0 radical (unpaired) electrons. The van der Waals surface area contributed by atoms with Crippen molar-refractivity contribution in [2.45, 2.75) is 26.3 Å². The van der Waals surface area contributed by atoms with Gasteiger partial charge in [-0.2, -0.15) is 0 Å². The Bertz CT molecular complexity index is 742. The number of aryl methyl sites for hydroxylation is 1. The van der Waals surface area contributed by atoms with E-state index in [1.807, 2.05) is 68.4 Å². The van der Waals surface area contributed by atoms with Crippen molar-refractivity contribution in [2.24, 2.45) is 0 Å². The van der Waals surface area contributed by atoms with Crippen molar-refractivity contribution in [3.8, 4) is 0 Å². The summed E-state index contributed by atoms with van der Waals surface area (Å²) in [6.07, 6.45) is 0.336. The maximum Gasteiger partial charge on any atom is 0.249 e. The molecule has 1 aliphatic rings. The van der Waals surface area contributed by atoms with E-state index in [4.69, 9.17) is 0 Å². The van der Waals surface area contributed by atoms with Crippen molar-refractivity contribution in [2.75, 3.05) is 18.0 Å². The first kappa shape index (κ1) is 16.2. The summed E-state index contributed by atoms with van der Waals surface area (Å²) in [7, 11) is 0. The smallest absolute Gasteiger partial charge is 0.249 e. The molecule has 0 bridgehead atoms. The van der Waals surface area contributed by atoms with Gasteiger partial charge in [-0.25, -0.2) is 0 Å². The third kappa shape index (κ3) is 3.18. The number of anilines is 1. The van der Waals surface area contributed by atoms with Gasteiger partial charge in [0.2, 0.25) is 11.8 Å². The highest BCUT2D eigenvalue weighted by molar-refractivity contribution is 6.00. The number of carbonyl (C=O) groups excluding carboxylic acids is 2. The Hall–Kier alpha value is -2.62. The van der Waals surface area contributed by atoms with Gasteiger partial charge in [0, 0.05) is 18.8 Å². The Morgan fingerprint density at radius 1 is 1.04 bits per heavy atom. The predicted molar refractivity (Wildman–Crippen MR) is 94.9 cm³/mol. The summed E-state index contributed by atoms with van der Waals surface area (Å²) in [5.41, 5.74) is 2.98. The third-order valence-electron chi connectivity index (χ3n) is 4.58. The number of hydrogen-bond acceptors (Lipinski definition) is 2. The van der Waals surface area contributed by atoms with E-state index >= 15 is 0 Å². The maximum absolute atomic E-state index is 12.8. The molecule has 1 aliphatic heterocycles.